The predicted molar refractivity (Wildman–Crippen MR) is 76.3 cm³/mol. The van der Waals surface area contributed by atoms with Crippen molar-refractivity contribution in [3.63, 3.8) is 0 Å². The highest BCUT2D eigenvalue weighted by Crippen LogP contribution is 2.16. The van der Waals surface area contributed by atoms with Crippen LogP contribution in [0.4, 0.5) is 0 Å². The Labute approximate surface area is 119 Å². The third kappa shape index (κ3) is 3.78. The first kappa shape index (κ1) is 15.4. The Balaban J connectivity index is 2.07. The molecule has 0 aliphatic carbocycles. The van der Waals surface area contributed by atoms with Crippen molar-refractivity contribution in [3.8, 4) is 0 Å². The predicted octanol–water partition coefficient (Wildman–Crippen LogP) is 0.000800. The molecule has 6 nitrogen and oxygen atoms in total. The highest BCUT2D eigenvalue weighted by atomic mass is 32.2. The molecule has 1 aromatic rings. The number of nitrogens with two attached hydrogens (primary N) is 1. The van der Waals surface area contributed by atoms with Crippen molar-refractivity contribution in [1.82, 2.24) is 4.72 Å². The Morgan fingerprint density at radius 2 is 1.70 bits per heavy atom. The summed E-state index contributed by atoms with van der Waals surface area (Å²) in [6.45, 7) is 0.355. The van der Waals surface area contributed by atoms with Gasteiger partial charge in [0.15, 0.2) is 0 Å². The molecular weight excluding hydrogens is 300 g/mol. The van der Waals surface area contributed by atoms with Crippen LogP contribution in [-0.4, -0.2) is 34.4 Å². The Kier molecular flexibility index (Phi) is 4.48. The van der Waals surface area contributed by atoms with Crippen LogP contribution in [0.25, 0.3) is 0 Å². The Morgan fingerprint density at radius 1 is 1.15 bits per heavy atom. The lowest BCUT2D eigenvalue weighted by molar-refractivity contribution is 0.505. The van der Waals surface area contributed by atoms with Gasteiger partial charge in [0.25, 0.3) is 0 Å². The quantitative estimate of drug-likeness (QED) is 0.813. The van der Waals surface area contributed by atoms with Gasteiger partial charge in [0.05, 0.1) is 16.4 Å². The van der Waals surface area contributed by atoms with Gasteiger partial charge in [0.1, 0.15) is 9.84 Å². The van der Waals surface area contributed by atoms with E-state index in [4.69, 9.17) is 5.73 Å². The summed E-state index contributed by atoms with van der Waals surface area (Å²) in [5.74, 6) is 0.0681. The number of rotatable bonds is 4. The molecule has 0 atom stereocenters. The molecule has 1 aromatic carbocycles. The summed E-state index contributed by atoms with van der Waals surface area (Å²) < 4.78 is 49.5. The highest BCUT2D eigenvalue weighted by Gasteiger charge is 2.27. The molecular formula is C12H18N2O4S2. The second kappa shape index (κ2) is 5.80. The maximum atomic E-state index is 12.2. The lowest BCUT2D eigenvalue weighted by Crippen LogP contribution is -2.40. The average Bonchev–Trinajstić information content (AvgIpc) is 2.41. The van der Waals surface area contributed by atoms with Crippen LogP contribution in [-0.2, 0) is 26.4 Å². The van der Waals surface area contributed by atoms with Gasteiger partial charge in [-0.2, -0.15) is 0 Å². The standard InChI is InChI=1S/C12H18N2O4S2/c13-9-10-1-3-12(4-2-10)20(17,18)14-11-5-7-19(15,16)8-6-11/h1-4,11,14H,5-9,13H2. The molecule has 0 aromatic heterocycles. The van der Waals surface area contributed by atoms with Crippen LogP contribution in [0.1, 0.15) is 18.4 Å². The SMILES string of the molecule is NCc1ccc(S(=O)(=O)NC2CCS(=O)(=O)CC2)cc1. The van der Waals surface area contributed by atoms with E-state index < -0.39 is 19.9 Å². The van der Waals surface area contributed by atoms with Crippen molar-refractivity contribution >= 4 is 19.9 Å². The molecule has 0 radical (unpaired) electrons. The Morgan fingerprint density at radius 3 is 2.20 bits per heavy atom. The number of sulfone groups is 1. The maximum Gasteiger partial charge on any atom is 0.240 e. The number of sulfonamides is 1. The van der Waals surface area contributed by atoms with E-state index in [1.165, 1.54) is 12.1 Å². The molecule has 8 heteroatoms. The van der Waals surface area contributed by atoms with E-state index in [-0.39, 0.29) is 22.4 Å². The summed E-state index contributed by atoms with van der Waals surface area (Å²) in [5.41, 5.74) is 6.32. The zero-order chi connectivity index (χ0) is 14.8. The van der Waals surface area contributed by atoms with Crippen LogP contribution in [0.15, 0.2) is 29.2 Å². The van der Waals surface area contributed by atoms with Crippen LogP contribution in [0.3, 0.4) is 0 Å². The Hall–Kier alpha value is -0.960. The topological polar surface area (TPSA) is 106 Å². The van der Waals surface area contributed by atoms with Crippen molar-refractivity contribution < 1.29 is 16.8 Å². The zero-order valence-electron chi connectivity index (χ0n) is 10.9. The van der Waals surface area contributed by atoms with Gasteiger partial charge in [-0.1, -0.05) is 12.1 Å². The van der Waals surface area contributed by atoms with Gasteiger partial charge in [0.2, 0.25) is 10.0 Å². The second-order valence-electron chi connectivity index (χ2n) is 4.90. The summed E-state index contributed by atoms with van der Waals surface area (Å²) in [6, 6.07) is 6.02. The molecule has 0 amide bonds. The van der Waals surface area contributed by atoms with Crippen molar-refractivity contribution in [2.45, 2.75) is 30.3 Å². The van der Waals surface area contributed by atoms with E-state index >= 15 is 0 Å². The summed E-state index contributed by atoms with van der Waals surface area (Å²) in [5, 5.41) is 0. The largest absolute Gasteiger partial charge is 0.326 e. The Bertz CT molecular complexity index is 652. The third-order valence-corrected chi connectivity index (χ3v) is 6.60. The van der Waals surface area contributed by atoms with E-state index in [9.17, 15) is 16.8 Å². The lowest BCUT2D eigenvalue weighted by atomic mass is 10.2. The number of hydrogen-bond donors (Lipinski definition) is 2. The third-order valence-electron chi connectivity index (χ3n) is 3.35. The minimum Gasteiger partial charge on any atom is -0.326 e. The monoisotopic (exact) mass is 318 g/mol. The molecule has 1 aliphatic heterocycles. The first-order valence-corrected chi connectivity index (χ1v) is 9.65. The van der Waals surface area contributed by atoms with Gasteiger partial charge in [-0.25, -0.2) is 21.6 Å². The summed E-state index contributed by atoms with van der Waals surface area (Å²) in [6.07, 6.45) is 0.644. The van der Waals surface area contributed by atoms with Crippen molar-refractivity contribution in [1.29, 1.82) is 0 Å². The van der Waals surface area contributed by atoms with Gasteiger partial charge >= 0.3 is 0 Å². The molecule has 0 unspecified atom stereocenters. The molecule has 0 spiro atoms. The minimum absolute atomic E-state index is 0.0340. The van der Waals surface area contributed by atoms with Crippen LogP contribution in [0.5, 0.6) is 0 Å². The average molecular weight is 318 g/mol. The molecule has 0 bridgehead atoms. The molecule has 112 valence electrons. The van der Waals surface area contributed by atoms with E-state index in [2.05, 4.69) is 4.72 Å². The van der Waals surface area contributed by atoms with Crippen LogP contribution < -0.4 is 10.5 Å². The summed E-state index contributed by atoms with van der Waals surface area (Å²) in [4.78, 5) is 0.170. The zero-order valence-corrected chi connectivity index (χ0v) is 12.6. The van der Waals surface area contributed by atoms with Crippen molar-refractivity contribution in [2.24, 2.45) is 5.73 Å². The number of hydrogen-bond acceptors (Lipinski definition) is 5. The lowest BCUT2D eigenvalue weighted by Gasteiger charge is -2.22. The van der Waals surface area contributed by atoms with Gasteiger partial charge in [-0.3, -0.25) is 0 Å². The summed E-state index contributed by atoms with van der Waals surface area (Å²) >= 11 is 0. The first-order valence-electron chi connectivity index (χ1n) is 6.34. The van der Waals surface area contributed by atoms with Crippen molar-refractivity contribution in [2.75, 3.05) is 11.5 Å². The van der Waals surface area contributed by atoms with Crippen LogP contribution >= 0.6 is 0 Å². The minimum atomic E-state index is -3.61. The van der Waals surface area contributed by atoms with Crippen LogP contribution in [0, 0.1) is 0 Å². The van der Waals surface area contributed by atoms with E-state index in [1.807, 2.05) is 0 Å². The molecule has 1 saturated heterocycles. The molecule has 1 fully saturated rings. The molecule has 2 rings (SSSR count). The van der Waals surface area contributed by atoms with Gasteiger partial charge in [-0.15, -0.1) is 0 Å². The van der Waals surface area contributed by atoms with Crippen molar-refractivity contribution in [3.05, 3.63) is 29.8 Å². The second-order valence-corrected chi connectivity index (χ2v) is 8.91. The number of nitrogens with one attached hydrogen (secondary N) is 1. The smallest absolute Gasteiger partial charge is 0.240 e. The van der Waals surface area contributed by atoms with Gasteiger partial charge in [0, 0.05) is 12.6 Å². The van der Waals surface area contributed by atoms with Gasteiger partial charge < -0.3 is 5.73 Å². The fraction of sp³-hybridized carbons (Fsp3) is 0.500. The fourth-order valence-corrected chi connectivity index (χ4v) is 4.90. The normalized spacial score (nSPS) is 19.9. The molecule has 1 heterocycles. The number of benzene rings is 1. The highest BCUT2D eigenvalue weighted by molar-refractivity contribution is 7.91. The molecule has 1 aliphatic rings. The van der Waals surface area contributed by atoms with E-state index in [0.29, 0.717) is 19.4 Å². The van der Waals surface area contributed by atoms with E-state index in [0.717, 1.165) is 5.56 Å². The van der Waals surface area contributed by atoms with Crippen LogP contribution in [0.2, 0.25) is 0 Å². The molecule has 20 heavy (non-hydrogen) atoms. The summed E-state index contributed by atoms with van der Waals surface area (Å²) in [7, 11) is -6.60. The molecule has 0 saturated carbocycles. The fourth-order valence-electron chi connectivity index (χ4n) is 2.10. The molecule has 3 N–H and O–H groups in total. The van der Waals surface area contributed by atoms with E-state index in [1.54, 1.807) is 12.1 Å². The maximum absolute atomic E-state index is 12.2. The first-order chi connectivity index (χ1) is 9.32. The van der Waals surface area contributed by atoms with Gasteiger partial charge in [-0.05, 0) is 30.5 Å².